The van der Waals surface area contributed by atoms with Crippen LogP contribution in [0.5, 0.6) is 0 Å². The van der Waals surface area contributed by atoms with E-state index in [2.05, 4.69) is 10.2 Å². The van der Waals surface area contributed by atoms with E-state index in [0.29, 0.717) is 51.6 Å². The highest BCUT2D eigenvalue weighted by Gasteiger charge is 2.40. The third-order valence-corrected chi connectivity index (χ3v) is 5.81. The number of hydrogen-bond acceptors (Lipinski definition) is 4. The van der Waals surface area contributed by atoms with E-state index < -0.39 is 24.7 Å². The van der Waals surface area contributed by atoms with Crippen molar-refractivity contribution in [3.8, 4) is 0 Å². The molecule has 0 spiro atoms. The Morgan fingerprint density at radius 1 is 1.00 bits per heavy atom. The highest BCUT2D eigenvalue weighted by molar-refractivity contribution is 5.82. The monoisotopic (exact) mass is 390 g/mol. The molecule has 2 saturated heterocycles. The van der Waals surface area contributed by atoms with Gasteiger partial charge < -0.3 is 10.2 Å². The van der Waals surface area contributed by atoms with Gasteiger partial charge >= 0.3 is 6.18 Å². The molecule has 0 bridgehead atoms. The minimum absolute atomic E-state index is 0.0421. The zero-order valence-corrected chi connectivity index (χ0v) is 15.6. The Hall–Kier alpha value is -1.35. The molecule has 1 atom stereocenters. The fourth-order valence-electron chi connectivity index (χ4n) is 4.41. The number of nitrogens with one attached hydrogen (secondary N) is 1. The summed E-state index contributed by atoms with van der Waals surface area (Å²) >= 11 is 0. The van der Waals surface area contributed by atoms with Crippen LogP contribution in [0, 0.1) is 0 Å². The summed E-state index contributed by atoms with van der Waals surface area (Å²) in [5.41, 5.74) is 0. The van der Waals surface area contributed by atoms with Crippen LogP contribution in [0.2, 0.25) is 0 Å². The van der Waals surface area contributed by atoms with Crippen LogP contribution >= 0.6 is 0 Å². The van der Waals surface area contributed by atoms with Crippen molar-refractivity contribution in [3.05, 3.63) is 0 Å². The summed E-state index contributed by atoms with van der Waals surface area (Å²) in [6, 6.07) is -0.158. The molecule has 0 radical (unpaired) electrons. The van der Waals surface area contributed by atoms with Crippen LogP contribution in [0.1, 0.15) is 38.5 Å². The quantitative estimate of drug-likeness (QED) is 0.767. The number of carbonyl (C=O) groups is 2. The van der Waals surface area contributed by atoms with Gasteiger partial charge in [-0.2, -0.15) is 13.2 Å². The fraction of sp³-hybridized carbons (Fsp3) is 0.889. The van der Waals surface area contributed by atoms with Crippen molar-refractivity contribution in [2.24, 2.45) is 0 Å². The van der Waals surface area contributed by atoms with Gasteiger partial charge in [0.2, 0.25) is 11.8 Å². The minimum atomic E-state index is -4.36. The first-order chi connectivity index (χ1) is 12.8. The van der Waals surface area contributed by atoms with Gasteiger partial charge in [-0.15, -0.1) is 0 Å². The normalized spacial score (nSPS) is 26.6. The van der Waals surface area contributed by atoms with E-state index in [1.807, 2.05) is 4.90 Å². The summed E-state index contributed by atoms with van der Waals surface area (Å²) in [5, 5.41) is 3.07. The summed E-state index contributed by atoms with van der Waals surface area (Å²) in [5.74, 6) is -0.369. The summed E-state index contributed by atoms with van der Waals surface area (Å²) in [6.07, 6.45) is 1.29. The van der Waals surface area contributed by atoms with Crippen molar-refractivity contribution in [1.29, 1.82) is 0 Å². The standard InChI is InChI=1S/C18H29F3N4O2/c19-18(20,21)13-25-7-3-6-15(17(25)27)24-10-8-23(9-11-24)12-16(26)22-14-4-1-2-5-14/h14-15H,1-13H2,(H,22,26). The Labute approximate surface area is 158 Å². The van der Waals surface area contributed by atoms with E-state index in [1.54, 1.807) is 0 Å². The molecule has 0 aromatic rings. The Kier molecular flexibility index (Phi) is 6.62. The van der Waals surface area contributed by atoms with Crippen molar-refractivity contribution in [1.82, 2.24) is 20.0 Å². The maximum Gasteiger partial charge on any atom is 0.406 e. The Balaban J connectivity index is 1.44. The van der Waals surface area contributed by atoms with Crippen molar-refractivity contribution >= 4 is 11.8 Å². The third kappa shape index (κ3) is 5.81. The Morgan fingerprint density at radius 2 is 1.67 bits per heavy atom. The lowest BCUT2D eigenvalue weighted by molar-refractivity contribution is -0.168. The molecule has 154 valence electrons. The highest BCUT2D eigenvalue weighted by Crippen LogP contribution is 2.23. The zero-order chi connectivity index (χ0) is 19.4. The lowest BCUT2D eigenvalue weighted by Gasteiger charge is -2.42. The number of rotatable bonds is 5. The molecule has 2 amide bonds. The van der Waals surface area contributed by atoms with Crippen LogP contribution < -0.4 is 5.32 Å². The number of amides is 2. The van der Waals surface area contributed by atoms with Gasteiger partial charge in [-0.05, 0) is 25.7 Å². The first-order valence-corrected chi connectivity index (χ1v) is 9.93. The molecule has 3 rings (SSSR count). The topological polar surface area (TPSA) is 55.9 Å². The third-order valence-electron chi connectivity index (χ3n) is 5.81. The molecule has 3 aliphatic rings. The van der Waals surface area contributed by atoms with Crippen LogP contribution in [0.4, 0.5) is 13.2 Å². The average Bonchev–Trinajstić information content (AvgIpc) is 3.09. The van der Waals surface area contributed by atoms with Gasteiger partial charge in [-0.25, -0.2) is 0 Å². The number of alkyl halides is 3. The summed E-state index contributed by atoms with van der Waals surface area (Å²) in [6.45, 7) is 1.88. The maximum atomic E-state index is 12.6. The number of piperazine rings is 1. The molecule has 0 aromatic carbocycles. The number of likely N-dealkylation sites (tertiary alicyclic amines) is 1. The van der Waals surface area contributed by atoms with E-state index in [-0.39, 0.29) is 12.5 Å². The molecule has 2 aliphatic heterocycles. The maximum absolute atomic E-state index is 12.6. The molecular formula is C18H29F3N4O2. The highest BCUT2D eigenvalue weighted by atomic mass is 19.4. The van der Waals surface area contributed by atoms with Gasteiger partial charge in [-0.3, -0.25) is 19.4 Å². The Morgan fingerprint density at radius 3 is 2.30 bits per heavy atom. The number of nitrogens with zero attached hydrogens (tertiary/aromatic N) is 3. The van der Waals surface area contributed by atoms with E-state index >= 15 is 0 Å². The lowest BCUT2D eigenvalue weighted by atomic mass is 10.0. The van der Waals surface area contributed by atoms with Gasteiger partial charge in [0.25, 0.3) is 0 Å². The van der Waals surface area contributed by atoms with E-state index in [9.17, 15) is 22.8 Å². The number of halogens is 3. The molecule has 1 unspecified atom stereocenters. The molecule has 1 saturated carbocycles. The fourth-order valence-corrected chi connectivity index (χ4v) is 4.41. The van der Waals surface area contributed by atoms with E-state index in [1.165, 1.54) is 12.8 Å². The molecule has 9 heteroatoms. The summed E-state index contributed by atoms with van der Waals surface area (Å²) in [7, 11) is 0. The molecule has 1 N–H and O–H groups in total. The second kappa shape index (κ2) is 8.77. The van der Waals surface area contributed by atoms with Crippen molar-refractivity contribution in [2.45, 2.75) is 56.8 Å². The predicted molar refractivity (Wildman–Crippen MR) is 94.1 cm³/mol. The largest absolute Gasteiger partial charge is 0.406 e. The van der Waals surface area contributed by atoms with Gasteiger partial charge in [0.15, 0.2) is 0 Å². The van der Waals surface area contributed by atoms with Crippen LogP contribution in [-0.2, 0) is 9.59 Å². The predicted octanol–water partition coefficient (Wildman–Crippen LogP) is 1.22. The lowest BCUT2D eigenvalue weighted by Crippen LogP contribution is -2.59. The molecule has 0 aromatic heterocycles. The van der Waals surface area contributed by atoms with E-state index in [0.717, 1.165) is 17.7 Å². The number of hydrogen-bond donors (Lipinski definition) is 1. The van der Waals surface area contributed by atoms with Crippen molar-refractivity contribution in [3.63, 3.8) is 0 Å². The van der Waals surface area contributed by atoms with Gasteiger partial charge in [0, 0.05) is 38.8 Å². The van der Waals surface area contributed by atoms with Gasteiger partial charge in [-0.1, -0.05) is 12.8 Å². The van der Waals surface area contributed by atoms with Gasteiger partial charge in [0.05, 0.1) is 12.6 Å². The smallest absolute Gasteiger partial charge is 0.352 e. The van der Waals surface area contributed by atoms with Crippen molar-refractivity contribution < 1.29 is 22.8 Å². The molecule has 1 aliphatic carbocycles. The van der Waals surface area contributed by atoms with Crippen LogP contribution in [0.15, 0.2) is 0 Å². The van der Waals surface area contributed by atoms with Crippen LogP contribution in [0.25, 0.3) is 0 Å². The minimum Gasteiger partial charge on any atom is -0.352 e. The molecule has 2 heterocycles. The molecule has 3 fully saturated rings. The second-order valence-electron chi connectivity index (χ2n) is 7.89. The summed E-state index contributed by atoms with van der Waals surface area (Å²) in [4.78, 5) is 29.6. The second-order valence-corrected chi connectivity index (χ2v) is 7.89. The Bertz CT molecular complexity index is 529. The zero-order valence-electron chi connectivity index (χ0n) is 15.6. The first-order valence-electron chi connectivity index (χ1n) is 9.93. The average molecular weight is 390 g/mol. The number of carbonyl (C=O) groups excluding carboxylic acids is 2. The molecule has 27 heavy (non-hydrogen) atoms. The molecule has 6 nitrogen and oxygen atoms in total. The van der Waals surface area contributed by atoms with Crippen molar-refractivity contribution in [2.75, 3.05) is 45.8 Å². The van der Waals surface area contributed by atoms with E-state index in [4.69, 9.17) is 0 Å². The van der Waals surface area contributed by atoms with Crippen LogP contribution in [0.3, 0.4) is 0 Å². The summed E-state index contributed by atoms with van der Waals surface area (Å²) < 4.78 is 37.9. The van der Waals surface area contributed by atoms with Gasteiger partial charge in [0.1, 0.15) is 6.54 Å². The molecular weight excluding hydrogens is 361 g/mol. The first kappa shape index (κ1) is 20.4. The number of piperidine rings is 1. The van der Waals surface area contributed by atoms with Crippen LogP contribution in [-0.4, -0.2) is 90.6 Å². The SMILES string of the molecule is O=C(CN1CCN(C2CCCN(CC(F)(F)F)C2=O)CC1)NC1CCCC1.